The topological polar surface area (TPSA) is 28.2 Å². The second kappa shape index (κ2) is 7.73. The molecular formula is C20H21BrClN3. The van der Waals surface area contributed by atoms with Crippen LogP contribution in [0.1, 0.15) is 5.56 Å². The lowest BCUT2D eigenvalue weighted by Gasteiger charge is -2.31. The average molecular weight is 419 g/mol. The fraction of sp³-hybridized carbons (Fsp3) is 0.250. The van der Waals surface area contributed by atoms with Gasteiger partial charge in [0.25, 0.3) is 0 Å². The van der Waals surface area contributed by atoms with Crippen LogP contribution in [0.4, 0.5) is 5.69 Å². The summed E-state index contributed by atoms with van der Waals surface area (Å²) in [6.45, 7) is 6.25. The largest absolute Gasteiger partial charge is 0.368 e. The van der Waals surface area contributed by atoms with E-state index in [4.69, 9.17) is 4.98 Å². The number of aromatic nitrogens is 1. The number of hydrogen-bond acceptors (Lipinski definition) is 3. The Kier molecular flexibility index (Phi) is 5.62. The van der Waals surface area contributed by atoms with E-state index in [1.54, 1.807) is 0 Å². The molecule has 0 bridgehead atoms. The minimum absolute atomic E-state index is 0. The van der Waals surface area contributed by atoms with E-state index in [1.807, 2.05) is 6.07 Å². The fourth-order valence-corrected chi connectivity index (χ4v) is 3.63. The molecule has 0 aliphatic carbocycles. The molecule has 0 radical (unpaired) electrons. The predicted molar refractivity (Wildman–Crippen MR) is 112 cm³/mol. The Balaban J connectivity index is 0.00000182. The minimum atomic E-state index is 0. The molecular weight excluding hydrogens is 398 g/mol. The van der Waals surface area contributed by atoms with Crippen LogP contribution in [0.25, 0.3) is 22.2 Å². The van der Waals surface area contributed by atoms with Crippen LogP contribution in [0.2, 0.25) is 0 Å². The molecule has 0 saturated carbocycles. The second-order valence-electron chi connectivity index (χ2n) is 6.20. The molecule has 130 valence electrons. The molecule has 1 aliphatic rings. The number of nitrogens with one attached hydrogen (secondary N) is 1. The van der Waals surface area contributed by atoms with E-state index in [1.165, 1.54) is 16.6 Å². The Morgan fingerprint density at radius 1 is 1.04 bits per heavy atom. The van der Waals surface area contributed by atoms with Gasteiger partial charge in [-0.05, 0) is 30.7 Å². The molecule has 1 saturated heterocycles. The highest BCUT2D eigenvalue weighted by Crippen LogP contribution is 2.34. The Morgan fingerprint density at radius 3 is 2.48 bits per heavy atom. The van der Waals surface area contributed by atoms with Gasteiger partial charge in [-0.2, -0.15) is 0 Å². The lowest BCUT2D eigenvalue weighted by molar-refractivity contribution is 0.590. The summed E-state index contributed by atoms with van der Waals surface area (Å²) in [5, 5.41) is 4.67. The molecule has 1 aliphatic heterocycles. The predicted octanol–water partition coefficient (Wildman–Crippen LogP) is 4.80. The summed E-state index contributed by atoms with van der Waals surface area (Å²) in [5.41, 5.74) is 5.77. The maximum atomic E-state index is 4.99. The van der Waals surface area contributed by atoms with Crippen molar-refractivity contribution in [2.24, 2.45) is 0 Å². The van der Waals surface area contributed by atoms with Gasteiger partial charge in [-0.3, -0.25) is 0 Å². The van der Waals surface area contributed by atoms with Crippen molar-refractivity contribution in [3.05, 3.63) is 58.6 Å². The smallest absolute Gasteiger partial charge is 0.0770 e. The van der Waals surface area contributed by atoms with E-state index in [9.17, 15) is 0 Å². The second-order valence-corrected chi connectivity index (χ2v) is 7.05. The molecule has 1 fully saturated rings. The van der Waals surface area contributed by atoms with Crippen LogP contribution in [0.15, 0.2) is 53.0 Å². The van der Waals surface area contributed by atoms with Crippen LogP contribution in [-0.2, 0) is 0 Å². The third-order valence-corrected chi connectivity index (χ3v) is 5.53. The molecule has 2 heterocycles. The molecule has 5 heteroatoms. The van der Waals surface area contributed by atoms with Crippen molar-refractivity contribution in [1.82, 2.24) is 10.3 Å². The number of nitrogens with zero attached hydrogens (tertiary/aromatic N) is 2. The molecule has 0 spiro atoms. The highest BCUT2D eigenvalue weighted by atomic mass is 79.9. The molecule has 1 N–H and O–H groups in total. The number of hydrogen-bond donors (Lipinski definition) is 1. The summed E-state index contributed by atoms with van der Waals surface area (Å²) in [6, 6.07) is 17.0. The van der Waals surface area contributed by atoms with Gasteiger partial charge in [0.15, 0.2) is 0 Å². The van der Waals surface area contributed by atoms with Crippen LogP contribution < -0.4 is 10.2 Å². The van der Waals surface area contributed by atoms with E-state index < -0.39 is 0 Å². The summed E-state index contributed by atoms with van der Waals surface area (Å²) in [7, 11) is 0. The quantitative estimate of drug-likeness (QED) is 0.647. The Morgan fingerprint density at radius 2 is 1.76 bits per heavy atom. The van der Waals surface area contributed by atoms with E-state index >= 15 is 0 Å². The zero-order valence-electron chi connectivity index (χ0n) is 14.1. The molecule has 0 atom stereocenters. The third kappa shape index (κ3) is 3.52. The van der Waals surface area contributed by atoms with Gasteiger partial charge in [0.05, 0.1) is 11.2 Å². The number of fused-ring (bicyclic) bond motifs is 1. The van der Waals surface area contributed by atoms with Gasteiger partial charge in [-0.15, -0.1) is 12.4 Å². The SMILES string of the molecule is Cc1c(Br)ccc2c(N3CCNCC3)cc(-c3ccccc3)nc12.Cl. The highest BCUT2D eigenvalue weighted by Gasteiger charge is 2.17. The first-order valence-electron chi connectivity index (χ1n) is 8.35. The zero-order valence-corrected chi connectivity index (χ0v) is 16.5. The first-order chi connectivity index (χ1) is 11.7. The Labute approximate surface area is 163 Å². The van der Waals surface area contributed by atoms with Crippen LogP contribution in [0.5, 0.6) is 0 Å². The molecule has 0 unspecified atom stereocenters. The Bertz CT molecular complexity index is 877. The number of pyridine rings is 1. The number of benzene rings is 2. The minimum Gasteiger partial charge on any atom is -0.368 e. The standard InChI is InChI=1S/C20H20BrN3.ClH/c1-14-17(21)8-7-16-19(24-11-9-22-10-12-24)13-18(23-20(14)16)15-5-3-2-4-6-15;/h2-8,13,22H,9-12H2,1H3;1H. The van der Waals surface area contributed by atoms with Crippen molar-refractivity contribution in [2.45, 2.75) is 6.92 Å². The number of rotatable bonds is 2. The van der Waals surface area contributed by atoms with Crippen molar-refractivity contribution in [3.8, 4) is 11.3 Å². The lowest BCUT2D eigenvalue weighted by atomic mass is 10.0. The van der Waals surface area contributed by atoms with Crippen molar-refractivity contribution in [1.29, 1.82) is 0 Å². The van der Waals surface area contributed by atoms with Gasteiger partial charge in [0.2, 0.25) is 0 Å². The van der Waals surface area contributed by atoms with Crippen LogP contribution in [-0.4, -0.2) is 31.2 Å². The maximum absolute atomic E-state index is 4.99. The van der Waals surface area contributed by atoms with Crippen LogP contribution in [0.3, 0.4) is 0 Å². The van der Waals surface area contributed by atoms with Gasteiger partial charge < -0.3 is 10.2 Å². The zero-order chi connectivity index (χ0) is 16.5. The molecule has 2 aromatic carbocycles. The van der Waals surface area contributed by atoms with Gasteiger partial charge >= 0.3 is 0 Å². The summed E-state index contributed by atoms with van der Waals surface area (Å²) in [5.74, 6) is 0. The van der Waals surface area contributed by atoms with Gasteiger partial charge in [-0.1, -0.05) is 46.3 Å². The first-order valence-corrected chi connectivity index (χ1v) is 9.14. The number of piperazine rings is 1. The van der Waals surface area contributed by atoms with E-state index in [2.05, 4.69) is 75.5 Å². The fourth-order valence-electron chi connectivity index (χ4n) is 3.31. The summed E-state index contributed by atoms with van der Waals surface area (Å²) in [4.78, 5) is 7.46. The molecule has 1 aromatic heterocycles. The Hall–Kier alpha value is -1.62. The summed E-state index contributed by atoms with van der Waals surface area (Å²) >= 11 is 3.65. The molecule has 4 rings (SSSR count). The number of aryl methyl sites for hydroxylation is 1. The van der Waals surface area contributed by atoms with Crippen LogP contribution >= 0.6 is 28.3 Å². The van der Waals surface area contributed by atoms with E-state index in [0.29, 0.717) is 0 Å². The normalized spacial score (nSPS) is 14.4. The monoisotopic (exact) mass is 417 g/mol. The summed E-state index contributed by atoms with van der Waals surface area (Å²) in [6.07, 6.45) is 0. The maximum Gasteiger partial charge on any atom is 0.0770 e. The highest BCUT2D eigenvalue weighted by molar-refractivity contribution is 9.10. The van der Waals surface area contributed by atoms with Crippen LogP contribution in [0, 0.1) is 6.92 Å². The van der Waals surface area contributed by atoms with Gasteiger partial charge in [0.1, 0.15) is 0 Å². The average Bonchev–Trinajstić information content (AvgIpc) is 2.65. The first kappa shape index (κ1) is 18.2. The molecule has 0 amide bonds. The third-order valence-electron chi connectivity index (χ3n) is 4.67. The van der Waals surface area contributed by atoms with Gasteiger partial charge in [0, 0.05) is 47.3 Å². The van der Waals surface area contributed by atoms with E-state index in [-0.39, 0.29) is 12.4 Å². The number of anilines is 1. The van der Waals surface area contributed by atoms with E-state index in [0.717, 1.165) is 47.4 Å². The molecule has 25 heavy (non-hydrogen) atoms. The summed E-state index contributed by atoms with van der Waals surface area (Å²) < 4.78 is 1.11. The van der Waals surface area contributed by atoms with Crippen molar-refractivity contribution in [3.63, 3.8) is 0 Å². The van der Waals surface area contributed by atoms with Crippen molar-refractivity contribution < 1.29 is 0 Å². The van der Waals surface area contributed by atoms with Crippen molar-refractivity contribution in [2.75, 3.05) is 31.1 Å². The van der Waals surface area contributed by atoms with Gasteiger partial charge in [-0.25, -0.2) is 4.98 Å². The number of halogens is 2. The lowest BCUT2D eigenvalue weighted by Crippen LogP contribution is -2.43. The van der Waals surface area contributed by atoms with Crippen molar-refractivity contribution >= 4 is 44.9 Å². The molecule has 3 aromatic rings. The molecule has 3 nitrogen and oxygen atoms in total.